The zero-order chi connectivity index (χ0) is 20.2. The van der Waals surface area contributed by atoms with Crippen LogP contribution in [0, 0.1) is 28.6 Å². The first-order chi connectivity index (χ1) is 13.9. The Labute approximate surface area is 174 Å². The summed E-state index contributed by atoms with van der Waals surface area (Å²) >= 11 is 0. The maximum atomic E-state index is 11.4. The molecule has 1 heterocycles. The number of hydrogen-bond acceptors (Lipinski definition) is 3. The number of hydrogen-bond donors (Lipinski definition) is 0. The molecule has 0 radical (unpaired) electrons. The van der Waals surface area contributed by atoms with E-state index in [0.29, 0.717) is 0 Å². The molecule has 5 rings (SSSR count). The summed E-state index contributed by atoms with van der Waals surface area (Å²) in [7, 11) is 0. The Morgan fingerprint density at radius 2 is 1.90 bits per heavy atom. The van der Waals surface area contributed by atoms with E-state index >= 15 is 0 Å². The molecule has 3 nitrogen and oxygen atoms in total. The third-order valence-corrected chi connectivity index (χ3v) is 8.91. The summed E-state index contributed by atoms with van der Waals surface area (Å²) < 4.78 is 5.57. The van der Waals surface area contributed by atoms with Gasteiger partial charge in [0.15, 0.2) is 0 Å². The molecule has 6 atom stereocenters. The molecule has 0 N–H and O–H groups in total. The maximum absolute atomic E-state index is 11.4. The largest absolute Gasteiger partial charge is 0.462 e. The standard InChI is InChI=1S/C26H33NO2/c1-17(28)29-19-11-13-25(2)18(16-19)7-8-20-21-9-10-23(24-6-4-5-15-27-24)26(21,3)14-12-22(20)25/h4-7,10,15,19-22H,8-9,11-14,16H2,1-3H3/t19-,20-,21-,22-,25-,26-/m0/s1. The van der Waals surface area contributed by atoms with Gasteiger partial charge in [0, 0.05) is 19.5 Å². The van der Waals surface area contributed by atoms with Crippen molar-refractivity contribution in [1.29, 1.82) is 0 Å². The predicted molar refractivity (Wildman–Crippen MR) is 115 cm³/mol. The number of esters is 1. The van der Waals surface area contributed by atoms with Gasteiger partial charge in [-0.25, -0.2) is 0 Å². The second-order valence-electron chi connectivity index (χ2n) is 10.3. The van der Waals surface area contributed by atoms with Gasteiger partial charge in [-0.2, -0.15) is 0 Å². The number of pyridine rings is 1. The number of rotatable bonds is 2. The highest BCUT2D eigenvalue weighted by molar-refractivity contribution is 5.70. The second kappa shape index (κ2) is 6.82. The van der Waals surface area contributed by atoms with Crippen molar-refractivity contribution in [3.63, 3.8) is 0 Å². The first-order valence-corrected chi connectivity index (χ1v) is 11.4. The molecule has 1 aromatic rings. The summed E-state index contributed by atoms with van der Waals surface area (Å²) in [6, 6.07) is 6.31. The number of ether oxygens (including phenoxy) is 1. The Morgan fingerprint density at radius 3 is 2.66 bits per heavy atom. The van der Waals surface area contributed by atoms with Crippen molar-refractivity contribution >= 4 is 11.5 Å². The van der Waals surface area contributed by atoms with E-state index < -0.39 is 0 Å². The number of allylic oxidation sites excluding steroid dienone is 3. The van der Waals surface area contributed by atoms with Crippen molar-refractivity contribution < 1.29 is 9.53 Å². The minimum Gasteiger partial charge on any atom is -0.462 e. The Balaban J connectivity index is 1.41. The van der Waals surface area contributed by atoms with Crippen LogP contribution in [0.25, 0.3) is 5.57 Å². The van der Waals surface area contributed by atoms with E-state index in [1.54, 1.807) is 5.57 Å². The fraction of sp³-hybridized carbons (Fsp3) is 0.615. The van der Waals surface area contributed by atoms with Gasteiger partial charge in [0.1, 0.15) is 6.10 Å². The third-order valence-electron chi connectivity index (χ3n) is 8.91. The fourth-order valence-corrected chi connectivity index (χ4v) is 7.45. The normalized spacial score (nSPS) is 40.8. The number of nitrogens with zero attached hydrogens (tertiary/aromatic N) is 1. The van der Waals surface area contributed by atoms with Crippen LogP contribution >= 0.6 is 0 Å². The maximum Gasteiger partial charge on any atom is 0.302 e. The van der Waals surface area contributed by atoms with Crippen LogP contribution in [0.1, 0.15) is 71.4 Å². The first-order valence-electron chi connectivity index (χ1n) is 11.4. The van der Waals surface area contributed by atoms with E-state index in [4.69, 9.17) is 9.72 Å². The quantitative estimate of drug-likeness (QED) is 0.460. The number of carbonyl (C=O) groups excluding carboxylic acids is 1. The molecule has 0 unspecified atom stereocenters. The zero-order valence-electron chi connectivity index (χ0n) is 18.0. The van der Waals surface area contributed by atoms with Crippen molar-refractivity contribution in [3.8, 4) is 0 Å². The van der Waals surface area contributed by atoms with Gasteiger partial charge in [0.2, 0.25) is 0 Å². The van der Waals surface area contributed by atoms with Crippen molar-refractivity contribution in [3.05, 3.63) is 47.8 Å². The van der Waals surface area contributed by atoms with Gasteiger partial charge in [-0.3, -0.25) is 9.78 Å². The predicted octanol–water partition coefficient (Wildman–Crippen LogP) is 5.97. The fourth-order valence-electron chi connectivity index (χ4n) is 7.45. The van der Waals surface area contributed by atoms with Gasteiger partial charge >= 0.3 is 5.97 Å². The van der Waals surface area contributed by atoms with Gasteiger partial charge in [-0.05, 0) is 84.8 Å². The third kappa shape index (κ3) is 2.92. The summed E-state index contributed by atoms with van der Waals surface area (Å²) in [4.78, 5) is 16.1. The molecule has 3 heteroatoms. The van der Waals surface area contributed by atoms with Crippen molar-refractivity contribution in [2.24, 2.45) is 28.6 Å². The molecular formula is C26H33NO2. The minimum absolute atomic E-state index is 0.0844. The molecule has 0 amide bonds. The summed E-state index contributed by atoms with van der Waals surface area (Å²) in [6.07, 6.45) is 15.1. The van der Waals surface area contributed by atoms with Gasteiger partial charge in [0.05, 0.1) is 5.69 Å². The monoisotopic (exact) mass is 391 g/mol. The highest BCUT2D eigenvalue weighted by atomic mass is 16.5. The molecule has 154 valence electrons. The van der Waals surface area contributed by atoms with Crippen LogP contribution in [0.3, 0.4) is 0 Å². The smallest absolute Gasteiger partial charge is 0.302 e. The van der Waals surface area contributed by atoms with E-state index in [-0.39, 0.29) is 22.9 Å². The highest BCUT2D eigenvalue weighted by Crippen LogP contribution is 2.66. The van der Waals surface area contributed by atoms with Crippen LogP contribution in [0.15, 0.2) is 42.1 Å². The highest BCUT2D eigenvalue weighted by Gasteiger charge is 2.57. The number of fused-ring (bicyclic) bond motifs is 5. The molecule has 0 spiro atoms. The Morgan fingerprint density at radius 1 is 1.07 bits per heavy atom. The Bertz CT molecular complexity index is 872. The van der Waals surface area contributed by atoms with Gasteiger partial charge < -0.3 is 4.74 Å². The van der Waals surface area contributed by atoms with E-state index in [2.05, 4.69) is 38.1 Å². The van der Waals surface area contributed by atoms with Crippen molar-refractivity contribution in [1.82, 2.24) is 4.98 Å². The molecule has 2 saturated carbocycles. The van der Waals surface area contributed by atoms with Crippen LogP contribution in [-0.2, 0) is 9.53 Å². The van der Waals surface area contributed by atoms with Crippen LogP contribution in [0.5, 0.6) is 0 Å². The zero-order valence-corrected chi connectivity index (χ0v) is 18.0. The molecule has 0 saturated heterocycles. The molecular weight excluding hydrogens is 358 g/mol. The van der Waals surface area contributed by atoms with Gasteiger partial charge in [0.25, 0.3) is 0 Å². The van der Waals surface area contributed by atoms with Crippen LogP contribution in [0.2, 0.25) is 0 Å². The second-order valence-corrected chi connectivity index (χ2v) is 10.3. The lowest BCUT2D eigenvalue weighted by atomic mass is 9.47. The molecule has 2 fully saturated rings. The molecule has 4 aliphatic rings. The molecule has 29 heavy (non-hydrogen) atoms. The van der Waals surface area contributed by atoms with Crippen molar-refractivity contribution in [2.75, 3.05) is 0 Å². The van der Waals surface area contributed by atoms with Crippen LogP contribution in [-0.4, -0.2) is 17.1 Å². The average Bonchev–Trinajstić information content (AvgIpc) is 3.06. The number of aromatic nitrogens is 1. The molecule has 0 aliphatic heterocycles. The van der Waals surface area contributed by atoms with Gasteiger partial charge in [-0.15, -0.1) is 0 Å². The summed E-state index contributed by atoms with van der Waals surface area (Å²) in [5.41, 5.74) is 4.77. The summed E-state index contributed by atoms with van der Waals surface area (Å²) in [6.45, 7) is 6.54. The van der Waals surface area contributed by atoms with E-state index in [0.717, 1.165) is 37.0 Å². The first kappa shape index (κ1) is 19.1. The lowest BCUT2D eigenvalue weighted by molar-refractivity contribution is -0.148. The molecule has 0 aromatic carbocycles. The van der Waals surface area contributed by atoms with Crippen molar-refractivity contribution in [2.45, 2.75) is 71.8 Å². The number of carbonyl (C=O) groups is 1. The lowest BCUT2D eigenvalue weighted by Crippen LogP contribution is -2.50. The summed E-state index contributed by atoms with van der Waals surface area (Å²) in [5.74, 6) is 2.10. The lowest BCUT2D eigenvalue weighted by Gasteiger charge is -2.57. The van der Waals surface area contributed by atoms with E-state index in [1.807, 2.05) is 12.3 Å². The van der Waals surface area contributed by atoms with Crippen LogP contribution in [0.4, 0.5) is 0 Å². The van der Waals surface area contributed by atoms with E-state index in [9.17, 15) is 4.79 Å². The topological polar surface area (TPSA) is 39.2 Å². The SMILES string of the molecule is CC(=O)O[C@H]1CC[C@@]2(C)C(=CC[C@@H]3[C@@H]2CC[C@]2(C)C(c4ccccn4)=CC[C@@H]32)C1. The molecule has 1 aromatic heterocycles. The Kier molecular flexibility index (Phi) is 4.49. The summed E-state index contributed by atoms with van der Waals surface area (Å²) in [5, 5.41) is 0. The van der Waals surface area contributed by atoms with Gasteiger partial charge in [-0.1, -0.05) is 37.6 Å². The van der Waals surface area contributed by atoms with Crippen LogP contribution < -0.4 is 0 Å². The average molecular weight is 392 g/mol. The Hall–Kier alpha value is -1.90. The molecule has 4 aliphatic carbocycles. The molecule has 0 bridgehead atoms. The van der Waals surface area contributed by atoms with E-state index in [1.165, 1.54) is 43.9 Å². The minimum atomic E-state index is -0.139.